The van der Waals surface area contributed by atoms with Gasteiger partial charge in [0, 0.05) is 38.8 Å². The molecule has 0 spiro atoms. The van der Waals surface area contributed by atoms with Crippen LogP contribution in [-0.4, -0.2) is 44.7 Å². The van der Waals surface area contributed by atoms with Gasteiger partial charge in [-0.1, -0.05) is 13.8 Å². The normalized spacial score (nSPS) is 13.4. The van der Waals surface area contributed by atoms with Crippen molar-refractivity contribution in [3.05, 3.63) is 36.4 Å². The van der Waals surface area contributed by atoms with Crippen LogP contribution in [0.2, 0.25) is 0 Å². The summed E-state index contributed by atoms with van der Waals surface area (Å²) in [5, 5.41) is 12.2. The fraction of sp³-hybridized carbons (Fsp3) is 0.571. The lowest BCUT2D eigenvalue weighted by Gasteiger charge is -2.22. The first-order valence-corrected chi connectivity index (χ1v) is 10.2. The van der Waals surface area contributed by atoms with Crippen LogP contribution in [0.15, 0.2) is 30.7 Å². The Balaban J connectivity index is 0.000000367. The largest absolute Gasteiger partial charge is 0.381 e. The van der Waals surface area contributed by atoms with E-state index >= 15 is 0 Å². The zero-order chi connectivity index (χ0) is 21.3. The van der Waals surface area contributed by atoms with Gasteiger partial charge in [0.2, 0.25) is 0 Å². The van der Waals surface area contributed by atoms with E-state index in [0.29, 0.717) is 6.61 Å². The highest BCUT2D eigenvalue weighted by Crippen LogP contribution is 2.24. The summed E-state index contributed by atoms with van der Waals surface area (Å²) in [4.78, 5) is 4.42. The van der Waals surface area contributed by atoms with Crippen LogP contribution in [-0.2, 0) is 21.6 Å². The van der Waals surface area contributed by atoms with Crippen molar-refractivity contribution in [3.63, 3.8) is 0 Å². The Labute approximate surface area is 173 Å². The second-order valence-electron chi connectivity index (χ2n) is 7.42. The monoisotopic (exact) mass is 402 g/mol. The fourth-order valence-corrected chi connectivity index (χ4v) is 2.85. The van der Waals surface area contributed by atoms with Crippen LogP contribution < -0.4 is 5.32 Å². The van der Waals surface area contributed by atoms with Gasteiger partial charge in [-0.15, -0.1) is 0 Å². The SMILES string of the molecule is C1CCOC1.CC.COCc1cc2c(Nc3ccnn3C(C)(C)C)nccn2n1. The van der Waals surface area contributed by atoms with Crippen molar-refractivity contribution >= 4 is 17.2 Å². The zero-order valence-electron chi connectivity index (χ0n) is 18.5. The zero-order valence-corrected chi connectivity index (χ0v) is 18.5. The van der Waals surface area contributed by atoms with Crippen LogP contribution >= 0.6 is 0 Å². The van der Waals surface area contributed by atoms with Gasteiger partial charge < -0.3 is 14.8 Å². The molecule has 4 heterocycles. The maximum Gasteiger partial charge on any atom is 0.157 e. The molecule has 3 aromatic rings. The molecule has 0 amide bonds. The van der Waals surface area contributed by atoms with Crippen LogP contribution in [0.25, 0.3) is 5.52 Å². The molecule has 1 aliphatic rings. The number of methoxy groups -OCH3 is 1. The number of hydrogen-bond donors (Lipinski definition) is 1. The second-order valence-corrected chi connectivity index (χ2v) is 7.42. The van der Waals surface area contributed by atoms with E-state index in [1.807, 2.05) is 36.9 Å². The van der Waals surface area contributed by atoms with E-state index < -0.39 is 0 Å². The van der Waals surface area contributed by atoms with E-state index in [2.05, 4.69) is 41.3 Å². The molecule has 0 aliphatic carbocycles. The molecule has 1 fully saturated rings. The van der Waals surface area contributed by atoms with Crippen molar-refractivity contribution in [3.8, 4) is 0 Å². The summed E-state index contributed by atoms with van der Waals surface area (Å²) in [6.07, 6.45) is 7.87. The van der Waals surface area contributed by atoms with E-state index in [1.54, 1.807) is 24.0 Å². The summed E-state index contributed by atoms with van der Waals surface area (Å²) in [5.74, 6) is 1.63. The standard InChI is InChI=1S/C15H20N6O.C4H8O.C2H6/c1-15(2,3)21-13(5-6-17-21)18-14-12-9-11(10-22-4)19-20(12)8-7-16-14;1-2-4-5-3-1;1-2/h5-9H,10H2,1-4H3,(H,16,18);1-4H2;1-2H3. The molecule has 1 saturated heterocycles. The lowest BCUT2D eigenvalue weighted by atomic mass is 10.1. The van der Waals surface area contributed by atoms with Gasteiger partial charge in [-0.2, -0.15) is 10.2 Å². The number of fused-ring (bicyclic) bond motifs is 1. The van der Waals surface area contributed by atoms with Gasteiger partial charge in [-0.05, 0) is 39.7 Å². The van der Waals surface area contributed by atoms with E-state index in [9.17, 15) is 0 Å². The van der Waals surface area contributed by atoms with Gasteiger partial charge in [-0.3, -0.25) is 0 Å². The summed E-state index contributed by atoms with van der Waals surface area (Å²) in [6, 6.07) is 3.90. The summed E-state index contributed by atoms with van der Waals surface area (Å²) in [5.41, 5.74) is 1.65. The highest BCUT2D eigenvalue weighted by Gasteiger charge is 2.18. The number of nitrogens with one attached hydrogen (secondary N) is 1. The third kappa shape index (κ3) is 6.27. The minimum Gasteiger partial charge on any atom is -0.381 e. The first-order valence-electron chi connectivity index (χ1n) is 10.2. The van der Waals surface area contributed by atoms with Crippen molar-refractivity contribution in [2.45, 2.75) is 59.6 Å². The molecule has 0 bridgehead atoms. The predicted octanol–water partition coefficient (Wildman–Crippen LogP) is 4.39. The number of aromatic nitrogens is 5. The third-order valence-corrected chi connectivity index (χ3v) is 4.08. The van der Waals surface area contributed by atoms with Gasteiger partial charge in [-0.25, -0.2) is 14.2 Å². The molecule has 0 radical (unpaired) electrons. The van der Waals surface area contributed by atoms with Crippen LogP contribution in [0.4, 0.5) is 11.6 Å². The molecular formula is C21H34N6O2. The molecule has 1 N–H and O–H groups in total. The fourth-order valence-electron chi connectivity index (χ4n) is 2.85. The van der Waals surface area contributed by atoms with Crippen molar-refractivity contribution in [2.24, 2.45) is 0 Å². The number of hydrogen-bond acceptors (Lipinski definition) is 6. The molecule has 0 saturated carbocycles. The minimum absolute atomic E-state index is 0.113. The Morgan fingerprint density at radius 3 is 2.48 bits per heavy atom. The lowest BCUT2D eigenvalue weighted by Crippen LogP contribution is -2.24. The molecule has 3 aromatic heterocycles. The van der Waals surface area contributed by atoms with Crippen molar-refractivity contribution in [2.75, 3.05) is 25.6 Å². The van der Waals surface area contributed by atoms with Crippen LogP contribution in [0, 0.1) is 0 Å². The highest BCUT2D eigenvalue weighted by atomic mass is 16.5. The summed E-state index contributed by atoms with van der Waals surface area (Å²) < 4.78 is 13.8. The molecule has 4 rings (SSSR count). The third-order valence-electron chi connectivity index (χ3n) is 4.08. The molecular weight excluding hydrogens is 368 g/mol. The van der Waals surface area contributed by atoms with Crippen molar-refractivity contribution < 1.29 is 9.47 Å². The first kappa shape index (κ1) is 22.8. The number of nitrogens with zero attached hydrogens (tertiary/aromatic N) is 5. The van der Waals surface area contributed by atoms with Crippen molar-refractivity contribution in [1.82, 2.24) is 24.4 Å². The van der Waals surface area contributed by atoms with Gasteiger partial charge in [0.05, 0.1) is 24.0 Å². The average Bonchev–Trinajstić information content (AvgIpc) is 3.46. The molecule has 160 valence electrons. The van der Waals surface area contributed by atoms with Crippen LogP contribution in [0.5, 0.6) is 0 Å². The first-order chi connectivity index (χ1) is 14.0. The number of ether oxygens (including phenoxy) is 2. The Bertz CT molecular complexity index is 854. The number of anilines is 2. The maximum atomic E-state index is 5.14. The van der Waals surface area contributed by atoms with Gasteiger partial charge in [0.1, 0.15) is 11.3 Å². The molecule has 0 atom stereocenters. The van der Waals surface area contributed by atoms with Crippen LogP contribution in [0.1, 0.15) is 53.2 Å². The molecule has 8 nitrogen and oxygen atoms in total. The quantitative estimate of drug-likeness (QED) is 0.697. The topological polar surface area (TPSA) is 78.5 Å². The molecule has 0 aromatic carbocycles. The van der Waals surface area contributed by atoms with E-state index in [0.717, 1.165) is 36.1 Å². The van der Waals surface area contributed by atoms with Gasteiger partial charge in [0.15, 0.2) is 5.82 Å². The van der Waals surface area contributed by atoms with Gasteiger partial charge in [0.25, 0.3) is 0 Å². The summed E-state index contributed by atoms with van der Waals surface area (Å²) in [6.45, 7) is 12.8. The Hall–Kier alpha value is -2.45. The highest BCUT2D eigenvalue weighted by molar-refractivity contribution is 5.72. The predicted molar refractivity (Wildman–Crippen MR) is 116 cm³/mol. The average molecular weight is 403 g/mol. The smallest absolute Gasteiger partial charge is 0.157 e. The maximum absolute atomic E-state index is 5.14. The summed E-state index contributed by atoms with van der Waals surface area (Å²) >= 11 is 0. The lowest BCUT2D eigenvalue weighted by molar-refractivity contribution is 0.181. The molecule has 29 heavy (non-hydrogen) atoms. The molecule has 1 aliphatic heterocycles. The molecule has 8 heteroatoms. The Kier molecular flexibility index (Phi) is 8.60. The number of rotatable bonds is 4. The summed E-state index contributed by atoms with van der Waals surface area (Å²) in [7, 11) is 1.66. The Morgan fingerprint density at radius 2 is 1.90 bits per heavy atom. The van der Waals surface area contributed by atoms with E-state index in [-0.39, 0.29) is 5.54 Å². The van der Waals surface area contributed by atoms with Crippen LogP contribution in [0.3, 0.4) is 0 Å². The Morgan fingerprint density at radius 1 is 1.17 bits per heavy atom. The molecule has 0 unspecified atom stereocenters. The minimum atomic E-state index is -0.113. The van der Waals surface area contributed by atoms with Gasteiger partial charge >= 0.3 is 0 Å². The van der Waals surface area contributed by atoms with E-state index in [4.69, 9.17) is 9.47 Å². The second kappa shape index (κ2) is 10.9. The van der Waals surface area contributed by atoms with E-state index in [1.165, 1.54) is 12.8 Å². The van der Waals surface area contributed by atoms with Crippen molar-refractivity contribution in [1.29, 1.82) is 0 Å².